The maximum absolute atomic E-state index is 6.04. The van der Waals surface area contributed by atoms with Gasteiger partial charge in [-0.25, -0.2) is 4.98 Å². The number of imidazole rings is 1. The second kappa shape index (κ2) is 6.49. The van der Waals surface area contributed by atoms with Crippen molar-refractivity contribution in [3.8, 4) is 12.3 Å². The number of aromatic nitrogens is 2. The van der Waals surface area contributed by atoms with Crippen molar-refractivity contribution in [2.75, 3.05) is 17.2 Å². The molecular weight excluding hydrogens is 218 g/mol. The van der Waals surface area contributed by atoms with Gasteiger partial charge in [0.2, 0.25) is 0 Å². The number of thioether (sulfide) groups is 1. The van der Waals surface area contributed by atoms with Crippen LogP contribution >= 0.6 is 11.8 Å². The largest absolute Gasteiger partial charge is 0.384 e. The van der Waals surface area contributed by atoms with E-state index in [1.807, 2.05) is 16.3 Å². The number of anilines is 1. The number of nitrogen functional groups attached to an aromatic ring is 1. The van der Waals surface area contributed by atoms with Crippen molar-refractivity contribution in [1.29, 1.82) is 0 Å². The van der Waals surface area contributed by atoms with E-state index in [0.29, 0.717) is 6.54 Å². The molecule has 0 aromatic carbocycles. The number of terminal acetylenes is 1. The highest BCUT2D eigenvalue weighted by atomic mass is 32.2. The minimum Gasteiger partial charge on any atom is -0.384 e. The molecule has 0 amide bonds. The molecule has 0 atom stereocenters. The Balaban J connectivity index is 2.82. The SMILES string of the molecule is C#CCn1c(CC)nc(CCSCC)c1N. The van der Waals surface area contributed by atoms with Crippen LogP contribution < -0.4 is 5.73 Å². The van der Waals surface area contributed by atoms with Gasteiger partial charge in [-0.1, -0.05) is 19.8 Å². The van der Waals surface area contributed by atoms with Crippen LogP contribution in [0.2, 0.25) is 0 Å². The van der Waals surface area contributed by atoms with Gasteiger partial charge in [0.05, 0.1) is 12.2 Å². The lowest BCUT2D eigenvalue weighted by Crippen LogP contribution is -2.06. The van der Waals surface area contributed by atoms with Crippen LogP contribution in [0.25, 0.3) is 0 Å². The Labute approximate surface area is 102 Å². The summed E-state index contributed by atoms with van der Waals surface area (Å²) < 4.78 is 1.94. The lowest BCUT2D eigenvalue weighted by atomic mass is 10.3. The Morgan fingerprint density at radius 1 is 1.50 bits per heavy atom. The normalized spacial score (nSPS) is 10.3. The van der Waals surface area contributed by atoms with Crippen molar-refractivity contribution in [2.45, 2.75) is 33.2 Å². The van der Waals surface area contributed by atoms with Crippen LogP contribution in [0.5, 0.6) is 0 Å². The minimum atomic E-state index is 0.517. The average Bonchev–Trinajstić information content (AvgIpc) is 2.58. The molecule has 1 aromatic rings. The van der Waals surface area contributed by atoms with Crippen LogP contribution in [-0.4, -0.2) is 21.1 Å². The van der Waals surface area contributed by atoms with Crippen molar-refractivity contribution in [2.24, 2.45) is 0 Å². The third-order valence-electron chi connectivity index (χ3n) is 2.42. The van der Waals surface area contributed by atoms with Gasteiger partial charge in [-0.3, -0.25) is 0 Å². The first kappa shape index (κ1) is 13.0. The molecule has 0 aliphatic heterocycles. The van der Waals surface area contributed by atoms with E-state index in [4.69, 9.17) is 12.2 Å². The lowest BCUT2D eigenvalue weighted by Gasteiger charge is -2.03. The summed E-state index contributed by atoms with van der Waals surface area (Å²) in [4.78, 5) is 4.55. The Hall–Kier alpha value is -1.08. The van der Waals surface area contributed by atoms with Crippen molar-refractivity contribution in [3.63, 3.8) is 0 Å². The van der Waals surface area contributed by atoms with Gasteiger partial charge in [-0.15, -0.1) is 6.42 Å². The topological polar surface area (TPSA) is 43.8 Å². The molecule has 0 saturated heterocycles. The standard InChI is InChI=1S/C12H19N3S/c1-4-8-15-11(5-2)14-10(12(15)13)7-9-16-6-3/h1H,5-9,13H2,2-3H3. The smallest absolute Gasteiger partial charge is 0.127 e. The van der Waals surface area contributed by atoms with Gasteiger partial charge in [-0.2, -0.15) is 11.8 Å². The Morgan fingerprint density at radius 2 is 2.25 bits per heavy atom. The third-order valence-corrected chi connectivity index (χ3v) is 3.32. The highest BCUT2D eigenvalue weighted by Crippen LogP contribution is 2.17. The molecule has 0 fully saturated rings. The first-order valence-electron chi connectivity index (χ1n) is 5.59. The monoisotopic (exact) mass is 237 g/mol. The predicted octanol–water partition coefficient (Wildman–Crippen LogP) is 1.96. The summed E-state index contributed by atoms with van der Waals surface area (Å²) in [5, 5.41) is 0. The zero-order chi connectivity index (χ0) is 12.0. The molecule has 0 aliphatic rings. The van der Waals surface area contributed by atoms with E-state index in [0.717, 1.165) is 41.7 Å². The third kappa shape index (κ3) is 2.96. The molecule has 4 heteroatoms. The molecule has 88 valence electrons. The van der Waals surface area contributed by atoms with Crippen LogP contribution in [0.4, 0.5) is 5.82 Å². The molecule has 1 aromatic heterocycles. The maximum Gasteiger partial charge on any atom is 0.127 e. The molecule has 0 bridgehead atoms. The van der Waals surface area contributed by atoms with Crippen molar-refractivity contribution < 1.29 is 0 Å². The van der Waals surface area contributed by atoms with Crippen LogP contribution in [0.1, 0.15) is 25.4 Å². The molecule has 0 spiro atoms. The molecule has 16 heavy (non-hydrogen) atoms. The number of aryl methyl sites for hydroxylation is 2. The molecule has 1 heterocycles. The average molecular weight is 237 g/mol. The zero-order valence-electron chi connectivity index (χ0n) is 9.99. The number of rotatable bonds is 6. The highest BCUT2D eigenvalue weighted by molar-refractivity contribution is 7.99. The van der Waals surface area contributed by atoms with Gasteiger partial charge in [0.1, 0.15) is 11.6 Å². The quantitative estimate of drug-likeness (QED) is 0.607. The first-order valence-corrected chi connectivity index (χ1v) is 6.74. The minimum absolute atomic E-state index is 0.517. The Morgan fingerprint density at radius 3 is 2.81 bits per heavy atom. The molecular formula is C12H19N3S. The van der Waals surface area contributed by atoms with E-state index in [1.165, 1.54) is 0 Å². The predicted molar refractivity (Wildman–Crippen MR) is 71.6 cm³/mol. The first-order chi connectivity index (χ1) is 7.74. The molecule has 2 N–H and O–H groups in total. The van der Waals surface area contributed by atoms with Gasteiger partial charge < -0.3 is 10.3 Å². The molecule has 0 saturated carbocycles. The summed E-state index contributed by atoms with van der Waals surface area (Å²) in [6, 6.07) is 0. The maximum atomic E-state index is 6.04. The number of hydrogen-bond donors (Lipinski definition) is 1. The molecule has 3 nitrogen and oxygen atoms in total. The summed E-state index contributed by atoms with van der Waals surface area (Å²) in [6.07, 6.45) is 7.12. The second-order valence-corrected chi connectivity index (χ2v) is 4.84. The van der Waals surface area contributed by atoms with Crippen LogP contribution in [-0.2, 0) is 19.4 Å². The molecule has 0 unspecified atom stereocenters. The van der Waals surface area contributed by atoms with Gasteiger partial charge in [0.25, 0.3) is 0 Å². The van der Waals surface area contributed by atoms with E-state index in [9.17, 15) is 0 Å². The van der Waals surface area contributed by atoms with Crippen molar-refractivity contribution in [3.05, 3.63) is 11.5 Å². The second-order valence-electron chi connectivity index (χ2n) is 3.45. The summed E-state index contributed by atoms with van der Waals surface area (Å²) >= 11 is 1.90. The Kier molecular flexibility index (Phi) is 5.27. The van der Waals surface area contributed by atoms with Gasteiger partial charge in [0, 0.05) is 12.8 Å². The van der Waals surface area contributed by atoms with E-state index in [1.54, 1.807) is 0 Å². The van der Waals surface area contributed by atoms with Gasteiger partial charge in [-0.05, 0) is 11.5 Å². The summed E-state index contributed by atoms with van der Waals surface area (Å²) in [5.74, 6) is 6.55. The number of nitrogens with zero attached hydrogens (tertiary/aromatic N) is 2. The summed E-state index contributed by atoms with van der Waals surface area (Å²) in [5.41, 5.74) is 7.04. The molecule has 1 rings (SSSR count). The van der Waals surface area contributed by atoms with E-state index >= 15 is 0 Å². The fraction of sp³-hybridized carbons (Fsp3) is 0.583. The van der Waals surface area contributed by atoms with Gasteiger partial charge in [0.15, 0.2) is 0 Å². The fourth-order valence-corrected chi connectivity index (χ4v) is 2.23. The number of nitrogens with two attached hydrogens (primary N) is 1. The fourth-order valence-electron chi connectivity index (χ4n) is 1.60. The molecule has 0 radical (unpaired) electrons. The molecule has 0 aliphatic carbocycles. The van der Waals surface area contributed by atoms with Crippen LogP contribution in [0.15, 0.2) is 0 Å². The zero-order valence-corrected chi connectivity index (χ0v) is 10.8. The van der Waals surface area contributed by atoms with E-state index in [2.05, 4.69) is 24.8 Å². The summed E-state index contributed by atoms with van der Waals surface area (Å²) in [7, 11) is 0. The summed E-state index contributed by atoms with van der Waals surface area (Å²) in [6.45, 7) is 4.74. The van der Waals surface area contributed by atoms with Gasteiger partial charge >= 0.3 is 0 Å². The van der Waals surface area contributed by atoms with Crippen molar-refractivity contribution >= 4 is 17.6 Å². The van der Waals surface area contributed by atoms with Crippen LogP contribution in [0.3, 0.4) is 0 Å². The van der Waals surface area contributed by atoms with E-state index < -0.39 is 0 Å². The van der Waals surface area contributed by atoms with Crippen molar-refractivity contribution in [1.82, 2.24) is 9.55 Å². The van der Waals surface area contributed by atoms with Crippen LogP contribution in [0, 0.1) is 12.3 Å². The lowest BCUT2D eigenvalue weighted by molar-refractivity contribution is 0.769. The highest BCUT2D eigenvalue weighted by Gasteiger charge is 2.12. The van der Waals surface area contributed by atoms with E-state index in [-0.39, 0.29) is 0 Å². The number of hydrogen-bond acceptors (Lipinski definition) is 3. The Bertz CT molecular complexity index is 376.